The molecule has 31 heavy (non-hydrogen) atoms. The molecule has 2 N–H and O–H groups in total. The Morgan fingerprint density at radius 3 is 2.00 bits per heavy atom. The maximum absolute atomic E-state index is 12.5. The molecule has 164 valence electrons. The molecule has 1 aliphatic rings. The fourth-order valence-electron chi connectivity index (χ4n) is 3.72. The summed E-state index contributed by atoms with van der Waals surface area (Å²) < 4.78 is 5.50. The average molecular weight is 424 g/mol. The first kappa shape index (κ1) is 22.5. The molecule has 0 bridgehead atoms. The third kappa shape index (κ3) is 5.51. The van der Waals surface area contributed by atoms with Gasteiger partial charge in [0.15, 0.2) is 0 Å². The van der Waals surface area contributed by atoms with E-state index in [1.165, 1.54) is 0 Å². The Bertz CT molecular complexity index is 993. The quantitative estimate of drug-likeness (QED) is 0.741. The van der Waals surface area contributed by atoms with E-state index in [4.69, 9.17) is 4.42 Å². The number of piperazine rings is 1. The summed E-state index contributed by atoms with van der Waals surface area (Å²) >= 11 is 0. The fraction of sp³-hybridized carbons (Fsp3) is 0.435. The lowest BCUT2D eigenvalue weighted by molar-refractivity contribution is -0.120. The van der Waals surface area contributed by atoms with Gasteiger partial charge >= 0.3 is 0 Å². The second-order valence-electron chi connectivity index (χ2n) is 8.01. The highest BCUT2D eigenvalue weighted by Gasteiger charge is 2.22. The van der Waals surface area contributed by atoms with Crippen LogP contribution in [-0.4, -0.2) is 60.9 Å². The first-order chi connectivity index (χ1) is 14.8. The minimum absolute atomic E-state index is 0.0313. The van der Waals surface area contributed by atoms with E-state index in [9.17, 15) is 14.9 Å². The van der Waals surface area contributed by atoms with Crippen LogP contribution in [0.15, 0.2) is 22.6 Å². The van der Waals surface area contributed by atoms with Crippen LogP contribution in [0.2, 0.25) is 0 Å². The zero-order valence-electron chi connectivity index (χ0n) is 18.5. The van der Waals surface area contributed by atoms with Crippen molar-refractivity contribution in [3.63, 3.8) is 0 Å². The highest BCUT2D eigenvalue weighted by molar-refractivity contribution is 5.94. The first-order valence-electron chi connectivity index (χ1n) is 10.4. The van der Waals surface area contributed by atoms with Crippen LogP contribution in [0.25, 0.3) is 0 Å². The summed E-state index contributed by atoms with van der Waals surface area (Å²) in [5.41, 5.74) is 4.08. The number of amides is 2. The molecule has 3 rings (SSSR count). The normalized spacial score (nSPS) is 14.8. The number of anilines is 2. The van der Waals surface area contributed by atoms with Crippen LogP contribution in [0.5, 0.6) is 0 Å². The number of furan rings is 1. The van der Waals surface area contributed by atoms with Crippen molar-refractivity contribution in [3.05, 3.63) is 46.2 Å². The third-order valence-corrected chi connectivity index (χ3v) is 5.69. The molecule has 0 aliphatic carbocycles. The molecule has 0 radical (unpaired) electrons. The molecule has 8 heteroatoms. The molecule has 0 spiro atoms. The number of carbonyl (C=O) groups is 2. The number of benzene rings is 1. The van der Waals surface area contributed by atoms with E-state index in [1.54, 1.807) is 13.8 Å². The Hall–Kier alpha value is -3.15. The maximum Gasteiger partial charge on any atom is 0.240 e. The van der Waals surface area contributed by atoms with Gasteiger partial charge in [0.25, 0.3) is 0 Å². The summed E-state index contributed by atoms with van der Waals surface area (Å²) in [4.78, 5) is 29.0. The number of nitrogens with one attached hydrogen (secondary N) is 2. The number of hydrogen-bond acceptors (Lipinski definition) is 6. The van der Waals surface area contributed by atoms with Gasteiger partial charge in [0, 0.05) is 37.4 Å². The molecule has 0 atom stereocenters. The smallest absolute Gasteiger partial charge is 0.240 e. The van der Waals surface area contributed by atoms with Crippen LogP contribution in [0.3, 0.4) is 0 Å². The predicted octanol–water partition coefficient (Wildman–Crippen LogP) is 2.58. The highest BCUT2D eigenvalue weighted by Crippen LogP contribution is 2.25. The predicted molar refractivity (Wildman–Crippen MR) is 119 cm³/mol. The molecule has 0 saturated carbocycles. The Morgan fingerprint density at radius 2 is 1.48 bits per heavy atom. The number of para-hydroxylation sites is 1. The number of carbonyl (C=O) groups excluding carboxylic acids is 2. The summed E-state index contributed by atoms with van der Waals surface area (Å²) in [6.07, 6.45) is 0. The van der Waals surface area contributed by atoms with Crippen molar-refractivity contribution in [2.24, 2.45) is 0 Å². The summed E-state index contributed by atoms with van der Waals surface area (Å²) in [5, 5.41) is 15.0. The van der Waals surface area contributed by atoms with Crippen molar-refractivity contribution in [1.29, 1.82) is 5.26 Å². The van der Waals surface area contributed by atoms with Crippen molar-refractivity contribution >= 4 is 23.4 Å². The molecule has 8 nitrogen and oxygen atoms in total. The average Bonchev–Trinajstić information content (AvgIpc) is 2.99. The number of nitriles is 1. The van der Waals surface area contributed by atoms with Crippen molar-refractivity contribution in [1.82, 2.24) is 9.80 Å². The Labute approximate surface area is 182 Å². The number of rotatable bonds is 6. The molecule has 1 aromatic heterocycles. The first-order valence-corrected chi connectivity index (χ1v) is 10.4. The lowest BCUT2D eigenvalue weighted by atomic mass is 10.1. The monoisotopic (exact) mass is 423 g/mol. The van der Waals surface area contributed by atoms with Crippen LogP contribution in [0.1, 0.15) is 28.0 Å². The molecule has 2 aromatic rings. The van der Waals surface area contributed by atoms with Crippen LogP contribution in [0, 0.1) is 39.0 Å². The van der Waals surface area contributed by atoms with Crippen LogP contribution >= 0.6 is 0 Å². The lowest BCUT2D eigenvalue weighted by Crippen LogP contribution is -2.50. The van der Waals surface area contributed by atoms with Gasteiger partial charge in [-0.3, -0.25) is 24.7 Å². The topological polar surface area (TPSA) is 102 Å². The van der Waals surface area contributed by atoms with E-state index in [1.807, 2.05) is 36.9 Å². The summed E-state index contributed by atoms with van der Waals surface area (Å²) in [5.74, 6) is 0.589. The molecule has 0 unspecified atom stereocenters. The SMILES string of the molecule is Cc1cccc(C)c1NC(=O)CN1CCN(CC(=O)Nc2oc(C)c(C)c2C#N)CC1. The van der Waals surface area contributed by atoms with Crippen molar-refractivity contribution in [3.8, 4) is 6.07 Å². The van der Waals surface area contributed by atoms with Crippen molar-refractivity contribution < 1.29 is 14.0 Å². The minimum Gasteiger partial charge on any atom is -0.444 e. The molecule has 1 aromatic carbocycles. The summed E-state index contributed by atoms with van der Waals surface area (Å²) in [6, 6.07) is 8.02. The van der Waals surface area contributed by atoms with Crippen LogP contribution < -0.4 is 10.6 Å². The van der Waals surface area contributed by atoms with Gasteiger partial charge in [0.1, 0.15) is 17.4 Å². The van der Waals surface area contributed by atoms with Gasteiger partial charge in [-0.2, -0.15) is 5.26 Å². The van der Waals surface area contributed by atoms with Gasteiger partial charge in [-0.05, 0) is 38.8 Å². The maximum atomic E-state index is 12.5. The molecule has 2 amide bonds. The standard InChI is InChI=1S/C23H29N5O3/c1-15-6-5-7-16(2)22(15)25-20(29)13-27-8-10-28(11-9-27)14-21(30)26-23-19(12-24)17(3)18(4)31-23/h5-7H,8-11,13-14H2,1-4H3,(H,25,29)(H,26,30). The van der Waals surface area contributed by atoms with E-state index < -0.39 is 0 Å². The second-order valence-corrected chi connectivity index (χ2v) is 8.01. The van der Waals surface area contributed by atoms with Gasteiger partial charge in [0.2, 0.25) is 17.7 Å². The number of hydrogen-bond donors (Lipinski definition) is 2. The van der Waals surface area contributed by atoms with E-state index in [0.29, 0.717) is 44.0 Å². The molecular weight excluding hydrogens is 394 g/mol. The van der Waals surface area contributed by atoms with Crippen LogP contribution in [-0.2, 0) is 9.59 Å². The lowest BCUT2D eigenvalue weighted by Gasteiger charge is -2.33. The fourth-order valence-corrected chi connectivity index (χ4v) is 3.72. The van der Waals surface area contributed by atoms with Gasteiger partial charge in [-0.15, -0.1) is 0 Å². The third-order valence-electron chi connectivity index (χ3n) is 5.69. The minimum atomic E-state index is -0.216. The number of nitrogens with zero attached hydrogens (tertiary/aromatic N) is 3. The Morgan fingerprint density at radius 1 is 0.968 bits per heavy atom. The second kappa shape index (κ2) is 9.77. The molecular formula is C23H29N5O3. The molecule has 2 heterocycles. The van der Waals surface area contributed by atoms with Gasteiger partial charge in [-0.1, -0.05) is 18.2 Å². The van der Waals surface area contributed by atoms with E-state index in [-0.39, 0.29) is 24.2 Å². The number of aryl methyl sites for hydroxylation is 3. The van der Waals surface area contributed by atoms with E-state index in [2.05, 4.69) is 21.6 Å². The Balaban J connectivity index is 1.45. The zero-order chi connectivity index (χ0) is 22.5. The molecule has 1 aliphatic heterocycles. The molecule has 1 fully saturated rings. The summed E-state index contributed by atoms with van der Waals surface area (Å²) in [7, 11) is 0. The highest BCUT2D eigenvalue weighted by atomic mass is 16.4. The Kier molecular flexibility index (Phi) is 7.10. The van der Waals surface area contributed by atoms with Crippen LogP contribution in [0.4, 0.5) is 11.6 Å². The van der Waals surface area contributed by atoms with Crippen molar-refractivity contribution in [2.45, 2.75) is 27.7 Å². The van der Waals surface area contributed by atoms with E-state index >= 15 is 0 Å². The van der Waals surface area contributed by atoms with Gasteiger partial charge < -0.3 is 9.73 Å². The van der Waals surface area contributed by atoms with Crippen molar-refractivity contribution in [2.75, 3.05) is 49.9 Å². The largest absolute Gasteiger partial charge is 0.444 e. The molecule has 1 saturated heterocycles. The van der Waals surface area contributed by atoms with Gasteiger partial charge in [-0.25, -0.2) is 0 Å². The van der Waals surface area contributed by atoms with E-state index in [0.717, 1.165) is 22.4 Å². The van der Waals surface area contributed by atoms with Gasteiger partial charge in [0.05, 0.1) is 13.1 Å². The zero-order valence-corrected chi connectivity index (χ0v) is 18.5. The summed E-state index contributed by atoms with van der Waals surface area (Å²) in [6.45, 7) is 10.8.